The Hall–Kier alpha value is -2.57. The first-order valence-electron chi connectivity index (χ1n) is 6.58. The van der Waals surface area contributed by atoms with Crippen molar-refractivity contribution in [3.63, 3.8) is 0 Å². The molecule has 0 aliphatic carbocycles. The Morgan fingerprint density at radius 1 is 1.33 bits per heavy atom. The normalized spacial score (nSPS) is 10.2. The topological polar surface area (TPSA) is 89.1 Å². The van der Waals surface area contributed by atoms with Crippen molar-refractivity contribution in [1.29, 1.82) is 0 Å². The molecule has 0 aliphatic rings. The molecule has 0 spiro atoms. The van der Waals surface area contributed by atoms with E-state index in [-0.39, 0.29) is 11.7 Å². The van der Waals surface area contributed by atoms with Gasteiger partial charge in [0.1, 0.15) is 17.3 Å². The van der Waals surface area contributed by atoms with Gasteiger partial charge in [-0.25, -0.2) is 4.98 Å². The molecule has 2 rings (SSSR count). The lowest BCUT2D eigenvalue weighted by atomic mass is 10.2. The molecular weight excluding hydrogens is 272 g/mol. The average Bonchev–Trinajstić information content (AvgIpc) is 3.01. The minimum atomic E-state index is -0.337. The molecule has 2 N–H and O–H groups in total. The van der Waals surface area contributed by atoms with E-state index in [4.69, 9.17) is 9.47 Å². The number of aromatic amines is 1. The van der Waals surface area contributed by atoms with Gasteiger partial charge in [-0.15, -0.1) is 5.10 Å². The van der Waals surface area contributed by atoms with Crippen LogP contribution in [0.3, 0.4) is 0 Å². The van der Waals surface area contributed by atoms with Crippen LogP contribution in [0.25, 0.3) is 0 Å². The number of hydrogen-bond acceptors (Lipinski definition) is 5. The molecule has 0 atom stereocenters. The summed E-state index contributed by atoms with van der Waals surface area (Å²) >= 11 is 0. The van der Waals surface area contributed by atoms with Crippen molar-refractivity contribution >= 4 is 5.91 Å². The third kappa shape index (κ3) is 3.50. The largest absolute Gasteiger partial charge is 0.497 e. The summed E-state index contributed by atoms with van der Waals surface area (Å²) in [6.45, 7) is 2.23. The maximum Gasteiger partial charge on any atom is 0.291 e. The summed E-state index contributed by atoms with van der Waals surface area (Å²) in [6.07, 6.45) is 0.698. The van der Waals surface area contributed by atoms with Crippen molar-refractivity contribution in [2.24, 2.45) is 0 Å². The Bertz CT molecular complexity index is 624. The summed E-state index contributed by atoms with van der Waals surface area (Å²) in [5.74, 6) is 1.86. The van der Waals surface area contributed by atoms with E-state index in [1.165, 1.54) is 0 Å². The molecule has 0 saturated heterocycles. The van der Waals surface area contributed by atoms with Crippen LogP contribution in [-0.2, 0) is 13.0 Å². The maximum atomic E-state index is 12.0. The van der Waals surface area contributed by atoms with Gasteiger partial charge < -0.3 is 14.8 Å². The molecule has 1 aromatic carbocycles. The third-order valence-electron chi connectivity index (χ3n) is 3.00. The zero-order valence-corrected chi connectivity index (χ0v) is 12.3. The number of carbonyl (C=O) groups is 1. The van der Waals surface area contributed by atoms with Crippen molar-refractivity contribution in [3.8, 4) is 11.5 Å². The van der Waals surface area contributed by atoms with E-state index in [2.05, 4.69) is 20.5 Å². The van der Waals surface area contributed by atoms with E-state index in [9.17, 15) is 4.79 Å². The Labute approximate surface area is 122 Å². The summed E-state index contributed by atoms with van der Waals surface area (Å²) in [6, 6.07) is 5.41. The minimum Gasteiger partial charge on any atom is -0.497 e. The molecule has 7 heteroatoms. The van der Waals surface area contributed by atoms with Gasteiger partial charge in [0, 0.05) is 18.5 Å². The van der Waals surface area contributed by atoms with Crippen LogP contribution in [-0.4, -0.2) is 35.3 Å². The van der Waals surface area contributed by atoms with Gasteiger partial charge in [-0.05, 0) is 18.2 Å². The predicted molar refractivity (Wildman–Crippen MR) is 76.5 cm³/mol. The molecule has 1 aromatic heterocycles. The monoisotopic (exact) mass is 290 g/mol. The summed E-state index contributed by atoms with van der Waals surface area (Å²) < 4.78 is 10.4. The molecular formula is C14H18N4O3. The summed E-state index contributed by atoms with van der Waals surface area (Å²) in [4.78, 5) is 16.1. The fraction of sp³-hybridized carbons (Fsp3) is 0.357. The predicted octanol–water partition coefficient (Wildman–Crippen LogP) is 1.31. The number of benzene rings is 1. The molecule has 0 saturated carbocycles. The highest BCUT2D eigenvalue weighted by molar-refractivity contribution is 5.90. The molecule has 112 valence electrons. The molecule has 0 radical (unpaired) electrons. The number of carbonyl (C=O) groups excluding carboxylic acids is 1. The number of aromatic nitrogens is 3. The maximum absolute atomic E-state index is 12.0. The SMILES string of the molecule is CCc1nc(C(=O)NCc2cc(OC)ccc2OC)n[nH]1. The lowest BCUT2D eigenvalue weighted by Crippen LogP contribution is -2.24. The van der Waals surface area contributed by atoms with Crippen molar-refractivity contribution in [3.05, 3.63) is 35.4 Å². The molecule has 2 aromatic rings. The molecule has 0 aliphatic heterocycles. The highest BCUT2D eigenvalue weighted by Gasteiger charge is 2.13. The van der Waals surface area contributed by atoms with Crippen LogP contribution >= 0.6 is 0 Å². The molecule has 0 fully saturated rings. The Morgan fingerprint density at radius 3 is 2.76 bits per heavy atom. The number of amides is 1. The number of H-pyrrole nitrogens is 1. The number of rotatable bonds is 6. The molecule has 0 bridgehead atoms. The van der Waals surface area contributed by atoms with Gasteiger partial charge in [0.05, 0.1) is 14.2 Å². The van der Waals surface area contributed by atoms with E-state index in [1.54, 1.807) is 26.4 Å². The smallest absolute Gasteiger partial charge is 0.291 e. The Kier molecular flexibility index (Phi) is 4.76. The molecule has 1 heterocycles. The van der Waals surface area contributed by atoms with Gasteiger partial charge in [-0.1, -0.05) is 6.92 Å². The van der Waals surface area contributed by atoms with Crippen molar-refractivity contribution in [2.45, 2.75) is 19.9 Å². The van der Waals surface area contributed by atoms with E-state index in [1.807, 2.05) is 13.0 Å². The van der Waals surface area contributed by atoms with Crippen molar-refractivity contribution in [2.75, 3.05) is 14.2 Å². The Balaban J connectivity index is 2.06. The van der Waals surface area contributed by atoms with Crippen molar-refractivity contribution < 1.29 is 14.3 Å². The first-order valence-corrected chi connectivity index (χ1v) is 6.58. The minimum absolute atomic E-state index is 0.133. The lowest BCUT2D eigenvalue weighted by molar-refractivity contribution is 0.0940. The quantitative estimate of drug-likeness (QED) is 0.837. The van der Waals surface area contributed by atoms with E-state index in [0.717, 1.165) is 5.56 Å². The first kappa shape index (κ1) is 14.8. The van der Waals surface area contributed by atoms with E-state index in [0.29, 0.717) is 30.3 Å². The zero-order valence-electron chi connectivity index (χ0n) is 12.3. The van der Waals surface area contributed by atoms with Crippen LogP contribution in [0.15, 0.2) is 18.2 Å². The van der Waals surface area contributed by atoms with Crippen LogP contribution in [0.2, 0.25) is 0 Å². The van der Waals surface area contributed by atoms with Gasteiger partial charge >= 0.3 is 0 Å². The number of hydrogen-bond donors (Lipinski definition) is 2. The molecule has 0 unspecified atom stereocenters. The van der Waals surface area contributed by atoms with Gasteiger partial charge in [-0.2, -0.15) is 0 Å². The van der Waals surface area contributed by atoms with Gasteiger partial charge in [0.2, 0.25) is 5.82 Å². The van der Waals surface area contributed by atoms with Crippen LogP contribution in [0.4, 0.5) is 0 Å². The van der Waals surface area contributed by atoms with Gasteiger partial charge in [0.25, 0.3) is 5.91 Å². The second kappa shape index (κ2) is 6.74. The highest BCUT2D eigenvalue weighted by atomic mass is 16.5. The van der Waals surface area contributed by atoms with E-state index >= 15 is 0 Å². The zero-order chi connectivity index (χ0) is 15.2. The molecule has 21 heavy (non-hydrogen) atoms. The summed E-state index contributed by atoms with van der Waals surface area (Å²) in [5, 5.41) is 9.34. The van der Waals surface area contributed by atoms with Crippen LogP contribution in [0, 0.1) is 0 Å². The van der Waals surface area contributed by atoms with Gasteiger partial charge in [0.15, 0.2) is 0 Å². The fourth-order valence-corrected chi connectivity index (χ4v) is 1.83. The first-order chi connectivity index (χ1) is 10.2. The second-order valence-electron chi connectivity index (χ2n) is 4.32. The van der Waals surface area contributed by atoms with Crippen LogP contribution < -0.4 is 14.8 Å². The average molecular weight is 290 g/mol. The number of nitrogens with one attached hydrogen (secondary N) is 2. The van der Waals surface area contributed by atoms with Gasteiger partial charge in [-0.3, -0.25) is 9.89 Å². The summed E-state index contributed by atoms with van der Waals surface area (Å²) in [7, 11) is 3.17. The molecule has 7 nitrogen and oxygen atoms in total. The second-order valence-corrected chi connectivity index (χ2v) is 4.32. The lowest BCUT2D eigenvalue weighted by Gasteiger charge is -2.10. The number of aryl methyl sites for hydroxylation is 1. The number of nitrogens with zero attached hydrogens (tertiary/aromatic N) is 2. The Morgan fingerprint density at radius 2 is 2.14 bits per heavy atom. The standard InChI is InChI=1S/C14H18N4O3/c1-4-12-16-13(18-17-12)14(19)15-8-9-7-10(20-2)5-6-11(9)21-3/h5-7H,4,8H2,1-3H3,(H,15,19)(H,16,17,18). The van der Waals surface area contributed by atoms with E-state index < -0.39 is 0 Å². The van der Waals surface area contributed by atoms with Crippen LogP contribution in [0.1, 0.15) is 28.9 Å². The third-order valence-corrected chi connectivity index (χ3v) is 3.00. The van der Waals surface area contributed by atoms with Crippen molar-refractivity contribution in [1.82, 2.24) is 20.5 Å². The molecule has 1 amide bonds. The fourth-order valence-electron chi connectivity index (χ4n) is 1.83. The summed E-state index contributed by atoms with van der Waals surface area (Å²) in [5.41, 5.74) is 0.816. The van der Waals surface area contributed by atoms with Crippen LogP contribution in [0.5, 0.6) is 11.5 Å². The number of methoxy groups -OCH3 is 2. The number of ether oxygens (including phenoxy) is 2. The highest BCUT2D eigenvalue weighted by Crippen LogP contribution is 2.23.